The fraction of sp³-hybridized carbons (Fsp3) is 0.941. The lowest BCUT2D eigenvalue weighted by atomic mass is 9.90. The first-order chi connectivity index (χ1) is 28.4. The second kappa shape index (κ2) is 51.7. The third-order valence-corrected chi connectivity index (χ3v) is 11.9. The van der Waals surface area contributed by atoms with Gasteiger partial charge >= 0.3 is 11.9 Å². The van der Waals surface area contributed by atoms with Gasteiger partial charge in [-0.2, -0.15) is 0 Å². The van der Waals surface area contributed by atoms with Gasteiger partial charge in [0.2, 0.25) is 0 Å². The van der Waals surface area contributed by atoms with Crippen LogP contribution < -0.4 is 0 Å². The van der Waals surface area contributed by atoms with E-state index in [9.17, 15) is 9.59 Å². The number of hydrogen-bond donors (Lipinski definition) is 1. The van der Waals surface area contributed by atoms with Gasteiger partial charge in [-0.25, -0.2) is 0 Å². The second-order valence-electron chi connectivity index (χ2n) is 17.5. The first-order valence-corrected chi connectivity index (χ1v) is 25.1. The molecule has 0 aliphatic carbocycles. The van der Waals surface area contributed by atoms with Gasteiger partial charge in [0.1, 0.15) is 6.79 Å². The average Bonchev–Trinajstić information content (AvgIpc) is 3.22. The van der Waals surface area contributed by atoms with E-state index in [4.69, 9.17) is 19.4 Å². The number of nitrogens with zero attached hydrogens (tertiary/aromatic N) is 1. The van der Waals surface area contributed by atoms with E-state index in [-0.39, 0.29) is 11.9 Å². The van der Waals surface area contributed by atoms with E-state index >= 15 is 0 Å². The number of aliphatic hydroxyl groups is 1. The molecule has 0 spiro atoms. The van der Waals surface area contributed by atoms with Gasteiger partial charge in [-0.05, 0) is 70.5 Å². The van der Waals surface area contributed by atoms with Gasteiger partial charge in [-0.15, -0.1) is 0 Å². The summed E-state index contributed by atoms with van der Waals surface area (Å²) in [5, 5.41) is 7.00. The molecule has 0 aromatic heterocycles. The summed E-state index contributed by atoms with van der Waals surface area (Å²) in [6, 6.07) is 0. The van der Waals surface area contributed by atoms with Gasteiger partial charge in [0.25, 0.3) is 0 Å². The molecule has 0 fully saturated rings. The monoisotopic (exact) mass is 826 g/mol. The van der Waals surface area contributed by atoms with E-state index in [1.54, 1.807) is 0 Å². The number of carbonyl (C=O) groups excluding carboxylic acids is 3. The van der Waals surface area contributed by atoms with Crippen LogP contribution in [0.2, 0.25) is 0 Å². The highest BCUT2D eigenvalue weighted by atomic mass is 16.5. The molecule has 0 saturated heterocycles. The van der Waals surface area contributed by atoms with E-state index < -0.39 is 0 Å². The van der Waals surface area contributed by atoms with Crippen LogP contribution in [0.3, 0.4) is 0 Å². The summed E-state index contributed by atoms with van der Waals surface area (Å²) in [4.78, 5) is 35.1. The van der Waals surface area contributed by atoms with Gasteiger partial charge < -0.3 is 24.3 Å². The summed E-state index contributed by atoms with van der Waals surface area (Å²) in [5.41, 5.74) is 0. The maximum Gasteiger partial charge on any atom is 0.305 e. The normalized spacial score (nSPS) is 11.2. The maximum atomic E-state index is 12.4. The van der Waals surface area contributed by atoms with Crippen LogP contribution in [0.15, 0.2) is 0 Å². The highest BCUT2D eigenvalue weighted by molar-refractivity contribution is 5.69. The van der Waals surface area contributed by atoms with E-state index in [1.165, 1.54) is 180 Å². The molecule has 0 aliphatic heterocycles. The predicted octanol–water partition coefficient (Wildman–Crippen LogP) is 14.6. The topological polar surface area (TPSA) is 93.1 Å². The summed E-state index contributed by atoms with van der Waals surface area (Å²) in [7, 11) is 5.36. The second-order valence-corrected chi connectivity index (χ2v) is 17.5. The molecule has 0 atom stereocenters. The van der Waals surface area contributed by atoms with Crippen molar-refractivity contribution in [2.24, 2.45) is 17.8 Å². The molecule has 0 rings (SSSR count). The molecule has 58 heavy (non-hydrogen) atoms. The third kappa shape index (κ3) is 47.2. The molecule has 0 saturated carbocycles. The van der Waals surface area contributed by atoms with Crippen molar-refractivity contribution >= 4 is 18.7 Å². The van der Waals surface area contributed by atoms with Crippen LogP contribution >= 0.6 is 0 Å². The third-order valence-electron chi connectivity index (χ3n) is 11.9. The molecule has 7 heteroatoms. The van der Waals surface area contributed by atoms with Crippen LogP contribution in [0.4, 0.5) is 0 Å². The molecule has 348 valence electrons. The Bertz CT molecular complexity index is 732. The maximum absolute atomic E-state index is 12.4. The smallest absolute Gasteiger partial charge is 0.305 e. The van der Waals surface area contributed by atoms with Gasteiger partial charge in [0.15, 0.2) is 0 Å². The van der Waals surface area contributed by atoms with Crippen molar-refractivity contribution < 1.29 is 29.0 Å². The van der Waals surface area contributed by atoms with Crippen LogP contribution in [-0.4, -0.2) is 69.7 Å². The first-order valence-electron chi connectivity index (χ1n) is 25.1. The van der Waals surface area contributed by atoms with Crippen molar-refractivity contribution in [3.8, 4) is 0 Å². The van der Waals surface area contributed by atoms with Crippen LogP contribution in [0, 0.1) is 17.8 Å². The number of rotatable bonds is 43. The van der Waals surface area contributed by atoms with Crippen molar-refractivity contribution in [3.63, 3.8) is 0 Å². The van der Waals surface area contributed by atoms with Gasteiger partial charge in [0, 0.05) is 20.0 Å². The van der Waals surface area contributed by atoms with Crippen molar-refractivity contribution in [2.45, 2.75) is 252 Å². The summed E-state index contributed by atoms with van der Waals surface area (Å²) in [5.74, 6) is 2.33. The fourth-order valence-electron chi connectivity index (χ4n) is 8.18. The minimum atomic E-state index is 0.0169. The lowest BCUT2D eigenvalue weighted by Crippen LogP contribution is -2.13. The van der Waals surface area contributed by atoms with Crippen molar-refractivity contribution in [2.75, 3.05) is 41.0 Å². The Morgan fingerprint density at radius 3 is 0.983 bits per heavy atom. The number of ether oxygens (including phenoxy) is 2. The van der Waals surface area contributed by atoms with Gasteiger partial charge in [-0.1, -0.05) is 207 Å². The van der Waals surface area contributed by atoms with Crippen molar-refractivity contribution in [1.82, 2.24) is 4.90 Å². The van der Waals surface area contributed by atoms with E-state index in [2.05, 4.69) is 46.7 Å². The molecule has 0 radical (unpaired) electrons. The zero-order chi connectivity index (χ0) is 43.7. The molecule has 0 aromatic carbocycles. The Balaban J connectivity index is -0.00000731. The Morgan fingerprint density at radius 2 is 0.672 bits per heavy atom. The molecule has 1 N–H and O–H groups in total. The van der Waals surface area contributed by atoms with Crippen molar-refractivity contribution in [3.05, 3.63) is 0 Å². The number of hydrogen-bond acceptors (Lipinski definition) is 7. The lowest BCUT2D eigenvalue weighted by molar-refractivity contribution is -0.145. The molecule has 7 nitrogen and oxygen atoms in total. The Kier molecular flexibility index (Phi) is 54.2. The highest BCUT2D eigenvalue weighted by Crippen LogP contribution is 2.25. The summed E-state index contributed by atoms with van der Waals surface area (Å²) in [6.07, 6.45) is 42.7. The van der Waals surface area contributed by atoms with E-state index in [1.807, 2.05) is 6.79 Å². The molecule has 0 bridgehead atoms. The summed E-state index contributed by atoms with van der Waals surface area (Å²) in [6.45, 7) is 13.5. The van der Waals surface area contributed by atoms with E-state index in [0.29, 0.717) is 26.1 Å². The Morgan fingerprint density at radius 1 is 0.414 bits per heavy atom. The first kappa shape index (κ1) is 60.8. The van der Waals surface area contributed by atoms with E-state index in [0.717, 1.165) is 63.4 Å². The SMILES string of the molecule is C=O.CCCCCC(CCCCC)CCOC(=O)CCCCCCCC(CCCCCCCC(=O)OCCC(CCCCC)CCCCC)CCCCN(C)C.CO. The average molecular weight is 826 g/mol. The number of unbranched alkanes of at least 4 members (excludes halogenated alkanes) is 17. The number of aliphatic hydroxyl groups excluding tert-OH is 1. The molecule has 0 unspecified atom stereocenters. The van der Waals surface area contributed by atoms with Gasteiger partial charge in [0.05, 0.1) is 13.2 Å². The zero-order valence-electron chi connectivity index (χ0n) is 40.2. The molecule has 0 heterocycles. The largest absolute Gasteiger partial charge is 0.466 e. The van der Waals surface area contributed by atoms with Crippen LogP contribution in [0.5, 0.6) is 0 Å². The van der Waals surface area contributed by atoms with Crippen molar-refractivity contribution in [1.29, 1.82) is 0 Å². The summed E-state index contributed by atoms with van der Waals surface area (Å²) < 4.78 is 11.3. The summed E-state index contributed by atoms with van der Waals surface area (Å²) >= 11 is 0. The lowest BCUT2D eigenvalue weighted by Gasteiger charge is -2.18. The molecular weight excluding hydrogens is 723 g/mol. The van der Waals surface area contributed by atoms with Crippen LogP contribution in [0.1, 0.15) is 252 Å². The Hall–Kier alpha value is -1.47. The zero-order valence-corrected chi connectivity index (χ0v) is 40.2. The number of carbonyl (C=O) groups is 3. The molecule has 0 aliphatic rings. The molecule has 0 amide bonds. The predicted molar refractivity (Wildman–Crippen MR) is 250 cm³/mol. The molecular formula is C51H103NO6. The minimum Gasteiger partial charge on any atom is -0.466 e. The van der Waals surface area contributed by atoms with Crippen LogP contribution in [0.25, 0.3) is 0 Å². The highest BCUT2D eigenvalue weighted by Gasteiger charge is 2.13. The van der Waals surface area contributed by atoms with Gasteiger partial charge in [-0.3, -0.25) is 9.59 Å². The van der Waals surface area contributed by atoms with Crippen LogP contribution in [-0.2, 0) is 23.9 Å². The number of esters is 2. The Labute approximate surface area is 362 Å². The fourth-order valence-corrected chi connectivity index (χ4v) is 8.18. The molecule has 0 aromatic rings. The minimum absolute atomic E-state index is 0.0169. The quantitative estimate of drug-likeness (QED) is 0.0483. The standard InChI is InChI=1S/C49H97NO4.CH4O.CH2O/c1-7-11-21-31-46(32-22-12-8-2)40-43-53-48(51)38-27-19-15-17-25-35-45(37-29-30-42-50(5)6)36-26-18-16-20-28-39-49(52)54-44-41-47(33-23-13-9-3)34-24-14-10-4;2*1-2/h45-47H,7-44H2,1-6H3;2H,1H3;1H2.